The van der Waals surface area contributed by atoms with Crippen molar-refractivity contribution in [2.75, 3.05) is 43.7 Å². The average molecular weight is 527 g/mol. The summed E-state index contributed by atoms with van der Waals surface area (Å²) in [6.45, 7) is 0.462. The highest BCUT2D eigenvalue weighted by molar-refractivity contribution is 6.33. The van der Waals surface area contributed by atoms with Gasteiger partial charge in [-0.3, -0.25) is 4.79 Å². The summed E-state index contributed by atoms with van der Waals surface area (Å²) < 4.78 is 11.0. The Hall–Kier alpha value is -4.44. The lowest BCUT2D eigenvalue weighted by atomic mass is 10.1. The molecule has 37 heavy (non-hydrogen) atoms. The SMILES string of the molecule is COc1cc(CC(=O)N(C)CCOc2ccc(C(=O)O)cc2N)ccc1NC(=O)Nc1ccccc1Cl. The van der Waals surface area contributed by atoms with Crippen LogP contribution in [-0.2, 0) is 11.2 Å². The summed E-state index contributed by atoms with van der Waals surface area (Å²) in [5, 5.41) is 14.8. The molecule has 10 nitrogen and oxygen atoms in total. The number of halogens is 1. The van der Waals surface area contributed by atoms with E-state index >= 15 is 0 Å². The summed E-state index contributed by atoms with van der Waals surface area (Å²) in [6.07, 6.45) is 0.106. The first-order chi connectivity index (χ1) is 17.7. The number of ether oxygens (including phenoxy) is 2. The number of carbonyl (C=O) groups is 3. The van der Waals surface area contributed by atoms with Gasteiger partial charge in [-0.1, -0.05) is 29.8 Å². The molecule has 11 heteroatoms. The number of nitrogen functional groups attached to an aromatic ring is 1. The molecule has 0 spiro atoms. The molecule has 0 radical (unpaired) electrons. The van der Waals surface area contributed by atoms with Gasteiger partial charge in [0.15, 0.2) is 0 Å². The van der Waals surface area contributed by atoms with Crippen molar-refractivity contribution in [2.24, 2.45) is 0 Å². The molecule has 0 aliphatic rings. The quantitative estimate of drug-likeness (QED) is 0.287. The number of nitrogens with zero attached hydrogens (tertiary/aromatic N) is 1. The second-order valence-corrected chi connectivity index (χ2v) is 8.40. The number of nitrogens with two attached hydrogens (primary N) is 1. The molecule has 0 aliphatic carbocycles. The predicted octanol–water partition coefficient (Wildman–Crippen LogP) is 4.35. The lowest BCUT2D eigenvalue weighted by Gasteiger charge is -2.19. The van der Waals surface area contributed by atoms with E-state index in [1.165, 1.54) is 30.2 Å². The minimum atomic E-state index is -1.08. The maximum Gasteiger partial charge on any atom is 0.335 e. The van der Waals surface area contributed by atoms with E-state index in [9.17, 15) is 14.4 Å². The number of aromatic carboxylic acids is 1. The standard InChI is InChI=1S/C26H27ClN4O6/c1-31(11-12-37-22-10-8-17(25(33)34)15-19(22)28)24(32)14-16-7-9-21(23(13-16)36-2)30-26(35)29-20-6-4-3-5-18(20)27/h3-10,13,15H,11-12,14,28H2,1-2H3,(H,33,34)(H2,29,30,35). The van der Waals surface area contributed by atoms with Crippen LogP contribution < -0.4 is 25.8 Å². The number of carbonyl (C=O) groups excluding carboxylic acids is 2. The Labute approximate surface area is 218 Å². The first-order valence-corrected chi connectivity index (χ1v) is 11.5. The van der Waals surface area contributed by atoms with E-state index in [4.69, 9.17) is 31.9 Å². The van der Waals surface area contributed by atoms with Crippen LogP contribution in [0, 0.1) is 0 Å². The summed E-state index contributed by atoms with van der Waals surface area (Å²) >= 11 is 6.07. The van der Waals surface area contributed by atoms with Gasteiger partial charge in [-0.25, -0.2) is 9.59 Å². The van der Waals surface area contributed by atoms with Crippen LogP contribution in [0.1, 0.15) is 15.9 Å². The van der Waals surface area contributed by atoms with E-state index in [0.717, 1.165) is 0 Å². The second-order valence-electron chi connectivity index (χ2n) is 7.99. The van der Waals surface area contributed by atoms with Gasteiger partial charge in [0.05, 0.1) is 47.7 Å². The third kappa shape index (κ3) is 7.52. The summed E-state index contributed by atoms with van der Waals surface area (Å²) in [5.74, 6) is -0.496. The van der Waals surface area contributed by atoms with Gasteiger partial charge in [0.1, 0.15) is 18.1 Å². The van der Waals surface area contributed by atoms with Crippen molar-refractivity contribution >= 4 is 46.6 Å². The van der Waals surface area contributed by atoms with Crippen LogP contribution >= 0.6 is 11.6 Å². The minimum absolute atomic E-state index is 0.0648. The predicted molar refractivity (Wildman–Crippen MR) is 142 cm³/mol. The Morgan fingerprint density at radius 1 is 1.00 bits per heavy atom. The van der Waals surface area contributed by atoms with Crippen molar-refractivity contribution in [1.29, 1.82) is 0 Å². The van der Waals surface area contributed by atoms with Gasteiger partial charge in [0, 0.05) is 7.05 Å². The Morgan fingerprint density at radius 2 is 1.73 bits per heavy atom. The van der Waals surface area contributed by atoms with Crippen LogP contribution in [0.4, 0.5) is 21.9 Å². The van der Waals surface area contributed by atoms with Crippen LogP contribution in [0.3, 0.4) is 0 Å². The Bertz CT molecular complexity index is 1300. The maximum absolute atomic E-state index is 12.7. The molecular formula is C26H27ClN4O6. The Kier molecular flexibility index (Phi) is 9.17. The summed E-state index contributed by atoms with van der Waals surface area (Å²) in [4.78, 5) is 37.6. The van der Waals surface area contributed by atoms with E-state index in [-0.39, 0.29) is 36.7 Å². The van der Waals surface area contributed by atoms with E-state index in [0.29, 0.717) is 33.5 Å². The van der Waals surface area contributed by atoms with E-state index in [1.807, 2.05) is 0 Å². The number of anilines is 3. The average Bonchev–Trinajstić information content (AvgIpc) is 2.87. The molecule has 194 valence electrons. The van der Waals surface area contributed by atoms with E-state index in [1.54, 1.807) is 49.5 Å². The molecule has 0 heterocycles. The lowest BCUT2D eigenvalue weighted by Crippen LogP contribution is -2.32. The molecule has 3 rings (SSSR count). The molecule has 0 bridgehead atoms. The third-order valence-corrected chi connectivity index (χ3v) is 5.69. The minimum Gasteiger partial charge on any atom is -0.495 e. The highest BCUT2D eigenvalue weighted by Crippen LogP contribution is 2.27. The first-order valence-electron chi connectivity index (χ1n) is 11.2. The molecule has 0 unspecified atom stereocenters. The number of para-hydroxylation sites is 1. The van der Waals surface area contributed by atoms with Crippen LogP contribution in [0.5, 0.6) is 11.5 Å². The number of rotatable bonds is 10. The van der Waals surface area contributed by atoms with Gasteiger partial charge < -0.3 is 35.8 Å². The molecule has 3 aromatic carbocycles. The summed E-state index contributed by atoms with van der Waals surface area (Å²) in [6, 6.07) is 15.6. The van der Waals surface area contributed by atoms with Crippen molar-refractivity contribution in [3.05, 3.63) is 76.8 Å². The molecular weight excluding hydrogens is 500 g/mol. The van der Waals surface area contributed by atoms with Crippen LogP contribution in [0.25, 0.3) is 0 Å². The number of hydrogen-bond acceptors (Lipinski definition) is 6. The maximum atomic E-state index is 12.7. The zero-order chi connectivity index (χ0) is 26.9. The number of carboxylic acid groups (broad SMARTS) is 1. The Balaban J connectivity index is 1.53. The fraction of sp³-hybridized carbons (Fsp3) is 0.192. The topological polar surface area (TPSA) is 143 Å². The fourth-order valence-electron chi connectivity index (χ4n) is 3.33. The normalized spacial score (nSPS) is 10.4. The van der Waals surface area contributed by atoms with Gasteiger partial charge in [-0.15, -0.1) is 0 Å². The van der Waals surface area contributed by atoms with Gasteiger partial charge in [-0.05, 0) is 48.0 Å². The number of hydrogen-bond donors (Lipinski definition) is 4. The first kappa shape index (κ1) is 27.2. The molecule has 0 aliphatic heterocycles. The monoisotopic (exact) mass is 526 g/mol. The van der Waals surface area contributed by atoms with E-state index in [2.05, 4.69) is 10.6 Å². The molecule has 5 N–H and O–H groups in total. The number of urea groups is 1. The molecule has 0 fully saturated rings. The third-order valence-electron chi connectivity index (χ3n) is 5.36. The number of amides is 3. The lowest BCUT2D eigenvalue weighted by molar-refractivity contribution is -0.129. The molecule has 0 saturated heterocycles. The molecule has 0 atom stereocenters. The molecule has 0 aromatic heterocycles. The zero-order valence-corrected chi connectivity index (χ0v) is 21.0. The van der Waals surface area contributed by atoms with Gasteiger partial charge >= 0.3 is 12.0 Å². The van der Waals surface area contributed by atoms with Crippen molar-refractivity contribution in [3.63, 3.8) is 0 Å². The van der Waals surface area contributed by atoms with Gasteiger partial charge in [-0.2, -0.15) is 0 Å². The number of carboxylic acids is 1. The Morgan fingerprint density at radius 3 is 2.41 bits per heavy atom. The molecule has 3 amide bonds. The van der Waals surface area contributed by atoms with Crippen LogP contribution in [0.2, 0.25) is 5.02 Å². The highest BCUT2D eigenvalue weighted by Gasteiger charge is 2.14. The number of benzene rings is 3. The number of nitrogens with one attached hydrogen (secondary N) is 2. The fourth-order valence-corrected chi connectivity index (χ4v) is 3.51. The second kappa shape index (κ2) is 12.5. The van der Waals surface area contributed by atoms with Gasteiger partial charge in [0.25, 0.3) is 0 Å². The molecule has 3 aromatic rings. The molecule has 0 saturated carbocycles. The largest absolute Gasteiger partial charge is 0.495 e. The van der Waals surface area contributed by atoms with Crippen molar-refractivity contribution < 1.29 is 29.0 Å². The van der Waals surface area contributed by atoms with Crippen LogP contribution in [-0.4, -0.2) is 55.2 Å². The van der Waals surface area contributed by atoms with Crippen molar-refractivity contribution in [2.45, 2.75) is 6.42 Å². The zero-order valence-electron chi connectivity index (χ0n) is 20.3. The van der Waals surface area contributed by atoms with Crippen LogP contribution in [0.15, 0.2) is 60.7 Å². The smallest absolute Gasteiger partial charge is 0.335 e. The summed E-state index contributed by atoms with van der Waals surface area (Å²) in [7, 11) is 3.12. The number of methoxy groups -OCH3 is 1. The van der Waals surface area contributed by atoms with Crippen molar-refractivity contribution in [3.8, 4) is 11.5 Å². The van der Waals surface area contributed by atoms with Gasteiger partial charge in [0.2, 0.25) is 5.91 Å². The highest BCUT2D eigenvalue weighted by atomic mass is 35.5. The summed E-state index contributed by atoms with van der Waals surface area (Å²) in [5.41, 5.74) is 7.69. The number of likely N-dealkylation sites (N-methyl/N-ethyl adjacent to an activating group) is 1. The van der Waals surface area contributed by atoms with E-state index < -0.39 is 12.0 Å². The van der Waals surface area contributed by atoms with Crippen molar-refractivity contribution in [1.82, 2.24) is 4.90 Å².